The van der Waals surface area contributed by atoms with Crippen molar-refractivity contribution in [3.8, 4) is 11.1 Å². The van der Waals surface area contributed by atoms with Gasteiger partial charge in [0.15, 0.2) is 0 Å². The molecular weight excluding hydrogens is 252 g/mol. The molecule has 2 heterocycles. The van der Waals surface area contributed by atoms with Crippen LogP contribution in [-0.4, -0.2) is 19.3 Å². The summed E-state index contributed by atoms with van der Waals surface area (Å²) in [5.41, 5.74) is 2.65. The molecule has 100 valence electrons. The highest BCUT2D eigenvalue weighted by Gasteiger charge is 2.25. The zero-order chi connectivity index (χ0) is 13.7. The third-order valence-corrected chi connectivity index (χ3v) is 3.77. The summed E-state index contributed by atoms with van der Waals surface area (Å²) < 4.78 is 3.51. The number of rotatable bonds is 2. The lowest BCUT2D eigenvalue weighted by molar-refractivity contribution is 0.698. The molecule has 0 aliphatic heterocycles. The van der Waals surface area contributed by atoms with Gasteiger partial charge in [0.25, 0.3) is 5.56 Å². The van der Waals surface area contributed by atoms with Gasteiger partial charge in [-0.15, -0.1) is 0 Å². The second kappa shape index (κ2) is 4.03. The summed E-state index contributed by atoms with van der Waals surface area (Å²) in [4.78, 5) is 17.1. The fraction of sp³-hybridized carbons (Fsp3) is 0.267. The van der Waals surface area contributed by atoms with Crippen LogP contribution in [0.4, 0.5) is 0 Å². The average Bonchev–Trinajstić information content (AvgIpc) is 3.20. The van der Waals surface area contributed by atoms with E-state index in [-0.39, 0.29) is 5.56 Å². The van der Waals surface area contributed by atoms with E-state index in [9.17, 15) is 4.79 Å². The molecule has 5 heteroatoms. The number of hydrogen-bond donors (Lipinski definition) is 0. The van der Waals surface area contributed by atoms with Gasteiger partial charge in [-0.25, -0.2) is 4.98 Å². The Morgan fingerprint density at radius 1 is 1.30 bits per heavy atom. The summed E-state index contributed by atoms with van der Waals surface area (Å²) in [5, 5.41) is 4.88. The third-order valence-electron chi connectivity index (χ3n) is 3.77. The first-order chi connectivity index (χ1) is 9.74. The number of aromatic nitrogens is 4. The molecule has 2 aromatic heterocycles. The van der Waals surface area contributed by atoms with Crippen LogP contribution in [0.2, 0.25) is 0 Å². The van der Waals surface area contributed by atoms with Crippen molar-refractivity contribution in [3.05, 3.63) is 47.3 Å². The predicted molar refractivity (Wildman–Crippen MR) is 76.5 cm³/mol. The molecule has 1 fully saturated rings. The maximum Gasteiger partial charge on any atom is 0.262 e. The molecule has 0 amide bonds. The topological polar surface area (TPSA) is 52.7 Å². The van der Waals surface area contributed by atoms with Crippen molar-refractivity contribution in [1.82, 2.24) is 19.3 Å². The summed E-state index contributed by atoms with van der Waals surface area (Å²) in [5.74, 6) is 0. The van der Waals surface area contributed by atoms with Crippen LogP contribution in [0.3, 0.4) is 0 Å². The van der Waals surface area contributed by atoms with Crippen LogP contribution in [0.25, 0.3) is 22.0 Å². The molecule has 4 rings (SSSR count). The fourth-order valence-electron chi connectivity index (χ4n) is 2.59. The van der Waals surface area contributed by atoms with Crippen molar-refractivity contribution >= 4 is 10.9 Å². The number of fused-ring (bicyclic) bond motifs is 1. The smallest absolute Gasteiger partial charge is 0.262 e. The lowest BCUT2D eigenvalue weighted by Gasteiger charge is -2.07. The molecule has 0 bridgehead atoms. The van der Waals surface area contributed by atoms with Crippen molar-refractivity contribution in [2.24, 2.45) is 7.05 Å². The van der Waals surface area contributed by atoms with Crippen LogP contribution in [0.15, 0.2) is 41.7 Å². The minimum atomic E-state index is 0.0527. The minimum Gasteiger partial charge on any atom is -0.296 e. The van der Waals surface area contributed by atoms with E-state index in [1.54, 1.807) is 21.8 Å². The molecule has 0 spiro atoms. The quantitative estimate of drug-likeness (QED) is 0.714. The molecule has 1 saturated carbocycles. The monoisotopic (exact) mass is 266 g/mol. The van der Waals surface area contributed by atoms with E-state index >= 15 is 0 Å². The number of nitrogens with zero attached hydrogens (tertiary/aromatic N) is 4. The maximum atomic E-state index is 12.7. The van der Waals surface area contributed by atoms with Crippen molar-refractivity contribution in [3.63, 3.8) is 0 Å². The largest absolute Gasteiger partial charge is 0.296 e. The van der Waals surface area contributed by atoms with Gasteiger partial charge in [0.05, 0.1) is 23.4 Å². The Bertz CT molecular complexity index is 858. The zero-order valence-corrected chi connectivity index (χ0v) is 11.2. The summed E-state index contributed by atoms with van der Waals surface area (Å²) in [6.07, 6.45) is 7.52. The summed E-state index contributed by atoms with van der Waals surface area (Å²) in [7, 11) is 1.87. The van der Waals surface area contributed by atoms with Gasteiger partial charge in [-0.1, -0.05) is 12.1 Å². The van der Waals surface area contributed by atoms with Crippen LogP contribution < -0.4 is 5.56 Å². The van der Waals surface area contributed by atoms with E-state index in [1.807, 2.05) is 31.4 Å². The Labute approximate surface area is 115 Å². The molecule has 1 aliphatic rings. The van der Waals surface area contributed by atoms with E-state index in [0.717, 1.165) is 29.5 Å². The normalized spacial score (nSPS) is 14.8. The zero-order valence-electron chi connectivity index (χ0n) is 11.2. The van der Waals surface area contributed by atoms with Gasteiger partial charge in [0.1, 0.15) is 0 Å². The second-order valence-corrected chi connectivity index (χ2v) is 5.29. The van der Waals surface area contributed by atoms with Crippen LogP contribution >= 0.6 is 0 Å². The maximum absolute atomic E-state index is 12.7. The fourth-order valence-corrected chi connectivity index (χ4v) is 2.59. The lowest BCUT2D eigenvalue weighted by Crippen LogP contribution is -2.20. The molecule has 20 heavy (non-hydrogen) atoms. The van der Waals surface area contributed by atoms with Gasteiger partial charge in [-0.05, 0) is 24.5 Å². The number of aryl methyl sites for hydroxylation is 1. The third kappa shape index (κ3) is 1.66. The van der Waals surface area contributed by atoms with E-state index in [2.05, 4.69) is 10.1 Å². The second-order valence-electron chi connectivity index (χ2n) is 5.29. The van der Waals surface area contributed by atoms with E-state index in [0.29, 0.717) is 11.4 Å². The standard InChI is InChI=1S/C15H14N4O/c1-18-8-10(7-17-18)12-3-2-4-13-14(12)15(20)19(9-16-13)11-5-6-11/h2-4,7-9,11H,5-6H2,1H3. The van der Waals surface area contributed by atoms with Gasteiger partial charge >= 0.3 is 0 Å². The number of hydrogen-bond acceptors (Lipinski definition) is 3. The molecule has 0 radical (unpaired) electrons. The highest BCUT2D eigenvalue weighted by Crippen LogP contribution is 2.34. The Balaban J connectivity index is 2.05. The van der Waals surface area contributed by atoms with Gasteiger partial charge in [-0.3, -0.25) is 14.0 Å². The van der Waals surface area contributed by atoms with Crippen LogP contribution in [0, 0.1) is 0 Å². The van der Waals surface area contributed by atoms with Crippen molar-refractivity contribution in [2.75, 3.05) is 0 Å². The highest BCUT2D eigenvalue weighted by atomic mass is 16.1. The van der Waals surface area contributed by atoms with Gasteiger partial charge in [0, 0.05) is 24.8 Å². The molecule has 0 unspecified atom stereocenters. The van der Waals surface area contributed by atoms with Crippen molar-refractivity contribution < 1.29 is 0 Å². The molecule has 1 aromatic carbocycles. The highest BCUT2D eigenvalue weighted by molar-refractivity contribution is 5.93. The molecule has 0 N–H and O–H groups in total. The van der Waals surface area contributed by atoms with Crippen molar-refractivity contribution in [2.45, 2.75) is 18.9 Å². The predicted octanol–water partition coefficient (Wildman–Crippen LogP) is 2.13. The molecule has 5 nitrogen and oxygen atoms in total. The van der Waals surface area contributed by atoms with Crippen LogP contribution in [-0.2, 0) is 7.05 Å². The van der Waals surface area contributed by atoms with Crippen LogP contribution in [0.1, 0.15) is 18.9 Å². The van der Waals surface area contributed by atoms with E-state index < -0.39 is 0 Å². The van der Waals surface area contributed by atoms with E-state index in [4.69, 9.17) is 0 Å². The molecular formula is C15H14N4O. The van der Waals surface area contributed by atoms with Gasteiger partial charge < -0.3 is 0 Å². The molecule has 0 saturated heterocycles. The lowest BCUT2D eigenvalue weighted by atomic mass is 10.0. The summed E-state index contributed by atoms with van der Waals surface area (Å²) in [6, 6.07) is 6.10. The first-order valence-electron chi connectivity index (χ1n) is 6.73. The Hall–Kier alpha value is -2.43. The molecule has 3 aromatic rings. The number of benzene rings is 1. The van der Waals surface area contributed by atoms with E-state index in [1.165, 1.54) is 0 Å². The van der Waals surface area contributed by atoms with Crippen LogP contribution in [0.5, 0.6) is 0 Å². The average molecular weight is 266 g/mol. The van der Waals surface area contributed by atoms with Gasteiger partial charge in [0.2, 0.25) is 0 Å². The Morgan fingerprint density at radius 2 is 2.15 bits per heavy atom. The minimum absolute atomic E-state index is 0.0527. The Morgan fingerprint density at radius 3 is 2.85 bits per heavy atom. The first-order valence-corrected chi connectivity index (χ1v) is 6.73. The SMILES string of the molecule is Cn1cc(-c2cccc3ncn(C4CC4)c(=O)c23)cn1. The molecule has 1 aliphatic carbocycles. The summed E-state index contributed by atoms with van der Waals surface area (Å²) in [6.45, 7) is 0. The molecule has 0 atom stereocenters. The Kier molecular flexibility index (Phi) is 2.30. The summed E-state index contributed by atoms with van der Waals surface area (Å²) >= 11 is 0. The first kappa shape index (κ1) is 11.4. The van der Waals surface area contributed by atoms with Gasteiger partial charge in [-0.2, -0.15) is 5.10 Å². The van der Waals surface area contributed by atoms with Crippen molar-refractivity contribution in [1.29, 1.82) is 0 Å².